The molecular formula is C17H17NO5S. The first-order valence-electron chi connectivity index (χ1n) is 7.17. The normalized spacial score (nSPS) is 12.6. The van der Waals surface area contributed by atoms with E-state index in [1.165, 1.54) is 26.0 Å². The molecule has 0 aliphatic rings. The molecule has 1 unspecified atom stereocenters. The quantitative estimate of drug-likeness (QED) is 0.781. The van der Waals surface area contributed by atoms with Crippen molar-refractivity contribution < 1.29 is 23.1 Å². The smallest absolute Gasteiger partial charge is 0.321 e. The van der Waals surface area contributed by atoms with Crippen LogP contribution < -0.4 is 4.72 Å². The lowest BCUT2D eigenvalue weighted by Crippen LogP contribution is -2.38. The summed E-state index contributed by atoms with van der Waals surface area (Å²) in [7, 11) is -3.91. The molecule has 0 radical (unpaired) electrons. The second-order valence-corrected chi connectivity index (χ2v) is 7.06. The zero-order valence-corrected chi connectivity index (χ0v) is 14.0. The van der Waals surface area contributed by atoms with Gasteiger partial charge < -0.3 is 5.11 Å². The summed E-state index contributed by atoms with van der Waals surface area (Å²) in [5, 5.41) is 8.80. The first kappa shape index (κ1) is 17.8. The summed E-state index contributed by atoms with van der Waals surface area (Å²) >= 11 is 0. The minimum atomic E-state index is -3.91. The van der Waals surface area contributed by atoms with Crippen LogP contribution in [0.25, 0.3) is 11.1 Å². The molecule has 0 aliphatic carbocycles. The molecule has 2 aromatic rings. The maximum atomic E-state index is 12.1. The number of aliphatic carboxylic acids is 1. The molecule has 2 rings (SSSR count). The Morgan fingerprint density at radius 3 is 2.21 bits per heavy atom. The molecule has 24 heavy (non-hydrogen) atoms. The van der Waals surface area contributed by atoms with E-state index < -0.39 is 22.0 Å². The number of rotatable bonds is 6. The van der Waals surface area contributed by atoms with Crippen molar-refractivity contribution in [2.45, 2.75) is 24.8 Å². The van der Waals surface area contributed by atoms with Gasteiger partial charge in [-0.3, -0.25) is 9.59 Å². The molecule has 0 saturated heterocycles. The van der Waals surface area contributed by atoms with E-state index in [1.54, 1.807) is 30.3 Å². The number of sulfonamides is 1. The van der Waals surface area contributed by atoms with Crippen molar-refractivity contribution in [3.8, 4) is 11.1 Å². The predicted octanol–water partition coefficient (Wildman–Crippen LogP) is 2.31. The summed E-state index contributed by atoms with van der Waals surface area (Å²) in [6, 6.07) is 11.8. The van der Waals surface area contributed by atoms with Crippen LogP contribution in [0.5, 0.6) is 0 Å². The van der Waals surface area contributed by atoms with Crippen LogP contribution in [0.2, 0.25) is 0 Å². The van der Waals surface area contributed by atoms with Crippen molar-refractivity contribution in [3.05, 3.63) is 54.1 Å². The maximum Gasteiger partial charge on any atom is 0.321 e. The zero-order valence-electron chi connectivity index (χ0n) is 13.2. The molecule has 126 valence electrons. The fourth-order valence-corrected chi connectivity index (χ4v) is 3.29. The van der Waals surface area contributed by atoms with Crippen molar-refractivity contribution in [2.24, 2.45) is 0 Å². The van der Waals surface area contributed by atoms with E-state index in [4.69, 9.17) is 5.11 Å². The summed E-state index contributed by atoms with van der Waals surface area (Å²) in [6.07, 6.45) is 0. The number of Topliss-reactive ketones (excluding diaryl/α,β-unsaturated/α-hetero) is 1. The number of benzene rings is 2. The third-order valence-electron chi connectivity index (χ3n) is 3.47. The van der Waals surface area contributed by atoms with Gasteiger partial charge in [0.2, 0.25) is 10.0 Å². The van der Waals surface area contributed by atoms with E-state index in [0.717, 1.165) is 11.1 Å². The van der Waals surface area contributed by atoms with Crippen molar-refractivity contribution in [1.82, 2.24) is 4.72 Å². The van der Waals surface area contributed by atoms with Crippen LogP contribution in [0.3, 0.4) is 0 Å². The molecule has 7 heteroatoms. The number of carboxylic acid groups (broad SMARTS) is 1. The molecular weight excluding hydrogens is 330 g/mol. The molecule has 0 aliphatic heterocycles. The number of carbonyl (C=O) groups excluding carboxylic acids is 1. The Bertz CT molecular complexity index is 872. The van der Waals surface area contributed by atoms with Crippen LogP contribution in [0.4, 0.5) is 0 Å². The monoisotopic (exact) mass is 347 g/mol. The van der Waals surface area contributed by atoms with Gasteiger partial charge >= 0.3 is 5.97 Å². The van der Waals surface area contributed by atoms with Gasteiger partial charge in [0.25, 0.3) is 0 Å². The van der Waals surface area contributed by atoms with Crippen LogP contribution in [0, 0.1) is 0 Å². The summed E-state index contributed by atoms with van der Waals surface area (Å²) < 4.78 is 26.3. The highest BCUT2D eigenvalue weighted by Crippen LogP contribution is 2.22. The first-order valence-corrected chi connectivity index (χ1v) is 8.65. The second-order valence-electron chi connectivity index (χ2n) is 5.34. The number of carbonyl (C=O) groups is 2. The molecule has 0 saturated carbocycles. The molecule has 0 fully saturated rings. The third-order valence-corrected chi connectivity index (χ3v) is 5.03. The van der Waals surface area contributed by atoms with Gasteiger partial charge in [-0.15, -0.1) is 0 Å². The standard InChI is InChI=1S/C17H17NO5S/c1-11(17(20)21)18-24(22,23)16-8-6-13(7-9-16)15-5-3-4-14(10-15)12(2)19/h3-11,18H,1-2H3,(H,20,21). The SMILES string of the molecule is CC(=O)c1cccc(-c2ccc(S(=O)(=O)NC(C)C(=O)O)cc2)c1. The van der Waals surface area contributed by atoms with E-state index in [-0.39, 0.29) is 10.7 Å². The zero-order chi connectivity index (χ0) is 17.9. The topological polar surface area (TPSA) is 101 Å². The molecule has 6 nitrogen and oxygen atoms in total. The number of hydrogen-bond donors (Lipinski definition) is 2. The fraction of sp³-hybridized carbons (Fsp3) is 0.176. The number of hydrogen-bond acceptors (Lipinski definition) is 4. The number of nitrogens with one attached hydrogen (secondary N) is 1. The average Bonchev–Trinajstić information content (AvgIpc) is 2.54. The molecule has 2 aromatic carbocycles. The van der Waals surface area contributed by atoms with Gasteiger partial charge in [-0.05, 0) is 43.2 Å². The van der Waals surface area contributed by atoms with Crippen LogP contribution in [0.1, 0.15) is 24.2 Å². The van der Waals surface area contributed by atoms with E-state index in [2.05, 4.69) is 4.72 Å². The highest BCUT2D eigenvalue weighted by molar-refractivity contribution is 7.89. The molecule has 0 spiro atoms. The van der Waals surface area contributed by atoms with Gasteiger partial charge in [-0.2, -0.15) is 4.72 Å². The highest BCUT2D eigenvalue weighted by atomic mass is 32.2. The average molecular weight is 347 g/mol. The minimum absolute atomic E-state index is 0.0259. The van der Waals surface area contributed by atoms with E-state index in [0.29, 0.717) is 5.56 Å². The van der Waals surface area contributed by atoms with Crippen LogP contribution in [0.15, 0.2) is 53.4 Å². The van der Waals surface area contributed by atoms with Gasteiger partial charge in [-0.25, -0.2) is 8.42 Å². The minimum Gasteiger partial charge on any atom is -0.480 e. The van der Waals surface area contributed by atoms with Crippen LogP contribution in [-0.4, -0.2) is 31.3 Å². The Balaban J connectivity index is 2.29. The van der Waals surface area contributed by atoms with E-state index in [1.807, 2.05) is 6.07 Å². The summed E-state index contributed by atoms with van der Waals surface area (Å²) in [5.41, 5.74) is 2.11. The van der Waals surface area contributed by atoms with E-state index in [9.17, 15) is 18.0 Å². The highest BCUT2D eigenvalue weighted by Gasteiger charge is 2.21. The molecule has 1 atom stereocenters. The summed E-state index contributed by atoms with van der Waals surface area (Å²) in [4.78, 5) is 22.2. The summed E-state index contributed by atoms with van der Waals surface area (Å²) in [6.45, 7) is 2.73. The molecule has 0 aromatic heterocycles. The number of ketones is 1. The Morgan fingerprint density at radius 2 is 1.67 bits per heavy atom. The lowest BCUT2D eigenvalue weighted by atomic mass is 10.0. The molecule has 0 heterocycles. The maximum absolute atomic E-state index is 12.1. The van der Waals surface area contributed by atoms with Gasteiger partial charge in [0.05, 0.1) is 4.90 Å². The van der Waals surface area contributed by atoms with Crippen molar-refractivity contribution in [1.29, 1.82) is 0 Å². The van der Waals surface area contributed by atoms with Crippen molar-refractivity contribution >= 4 is 21.8 Å². The lowest BCUT2D eigenvalue weighted by molar-refractivity contribution is -0.138. The Labute approximate surface area is 140 Å². The van der Waals surface area contributed by atoms with Crippen LogP contribution in [-0.2, 0) is 14.8 Å². The van der Waals surface area contributed by atoms with Crippen molar-refractivity contribution in [3.63, 3.8) is 0 Å². The molecule has 2 N–H and O–H groups in total. The second kappa shape index (κ2) is 6.94. The molecule has 0 amide bonds. The Hall–Kier alpha value is -2.51. The Kier molecular flexibility index (Phi) is 5.16. The number of carboxylic acids is 1. The fourth-order valence-electron chi connectivity index (χ4n) is 2.10. The first-order chi connectivity index (χ1) is 11.2. The Morgan fingerprint density at radius 1 is 1.04 bits per heavy atom. The van der Waals surface area contributed by atoms with Gasteiger partial charge in [-0.1, -0.05) is 30.3 Å². The van der Waals surface area contributed by atoms with Crippen molar-refractivity contribution in [2.75, 3.05) is 0 Å². The van der Waals surface area contributed by atoms with Gasteiger partial charge in [0, 0.05) is 5.56 Å². The van der Waals surface area contributed by atoms with Gasteiger partial charge in [0.1, 0.15) is 6.04 Å². The predicted molar refractivity (Wildman–Crippen MR) is 89.3 cm³/mol. The largest absolute Gasteiger partial charge is 0.480 e. The van der Waals surface area contributed by atoms with Gasteiger partial charge in [0.15, 0.2) is 5.78 Å². The lowest BCUT2D eigenvalue weighted by Gasteiger charge is -2.11. The molecule has 0 bridgehead atoms. The van der Waals surface area contributed by atoms with E-state index >= 15 is 0 Å². The van der Waals surface area contributed by atoms with Crippen LogP contribution >= 0.6 is 0 Å². The third kappa shape index (κ3) is 4.06. The summed E-state index contributed by atoms with van der Waals surface area (Å²) in [5.74, 6) is -1.31.